The number of carbonyl (C=O) groups is 2. The maximum Gasteiger partial charge on any atom is 0.247 e. The minimum absolute atomic E-state index is 0.0377. The Hall–Kier alpha value is -4.16. The molecule has 0 saturated heterocycles. The molecule has 190 valence electrons. The Labute approximate surface area is 216 Å². The van der Waals surface area contributed by atoms with Crippen LogP contribution in [0, 0.1) is 6.57 Å². The standard InChI is InChI=1S/C28H28N4O4S/c1-3-37(35,36)25-16-15-24-17-21(25)18-30-28(34)27(32-23-13-11-22(29-2)12-14-23)20-9-7-19(8-10-20)5-4-6-26(33)31-24/h7-17,27,32H,3-6,18H2,1H3,(H,30,34)(H,31,33)/t27-/m1/s1. The number of hydrogen-bond donors (Lipinski definition) is 3. The van der Waals surface area contributed by atoms with E-state index in [-0.39, 0.29) is 29.0 Å². The molecule has 3 N–H and O–H groups in total. The number of sulfone groups is 1. The highest BCUT2D eigenvalue weighted by atomic mass is 32.2. The van der Waals surface area contributed by atoms with Gasteiger partial charge >= 0.3 is 0 Å². The molecule has 37 heavy (non-hydrogen) atoms. The molecule has 0 radical (unpaired) electrons. The fourth-order valence-electron chi connectivity index (χ4n) is 4.19. The highest BCUT2D eigenvalue weighted by Crippen LogP contribution is 2.26. The van der Waals surface area contributed by atoms with E-state index < -0.39 is 15.9 Å². The summed E-state index contributed by atoms with van der Waals surface area (Å²) in [6.45, 7) is 8.67. The lowest BCUT2D eigenvalue weighted by molar-refractivity contribution is -0.122. The van der Waals surface area contributed by atoms with Crippen molar-refractivity contribution in [1.29, 1.82) is 0 Å². The number of nitrogens with zero attached hydrogens (tertiary/aromatic N) is 1. The summed E-state index contributed by atoms with van der Waals surface area (Å²) in [4.78, 5) is 29.4. The first kappa shape index (κ1) is 25.9. The molecule has 2 heterocycles. The SMILES string of the molecule is [C-]#[N+]c1ccc(N[C@H]2C(=O)NCc3cc(ccc3S(=O)(=O)CC)NC(=O)CCCc3ccc2cc3)cc1. The van der Waals surface area contributed by atoms with Gasteiger partial charge in [0.05, 0.1) is 17.2 Å². The van der Waals surface area contributed by atoms with Gasteiger partial charge in [0, 0.05) is 24.3 Å². The molecular weight excluding hydrogens is 488 g/mol. The number of benzene rings is 3. The number of aryl methyl sites for hydroxylation is 1. The van der Waals surface area contributed by atoms with Gasteiger partial charge < -0.3 is 16.0 Å². The summed E-state index contributed by atoms with van der Waals surface area (Å²) in [5.41, 5.74) is 3.83. The monoisotopic (exact) mass is 516 g/mol. The molecule has 4 bridgehead atoms. The van der Waals surface area contributed by atoms with Crippen LogP contribution in [0.15, 0.2) is 71.6 Å². The van der Waals surface area contributed by atoms with Crippen LogP contribution in [0.5, 0.6) is 0 Å². The fourth-order valence-corrected chi connectivity index (χ4v) is 5.31. The highest BCUT2D eigenvalue weighted by molar-refractivity contribution is 7.91. The maximum absolute atomic E-state index is 13.5. The lowest BCUT2D eigenvalue weighted by Gasteiger charge is -2.21. The summed E-state index contributed by atoms with van der Waals surface area (Å²) in [5.74, 6) is -0.585. The molecule has 2 amide bonds. The van der Waals surface area contributed by atoms with Gasteiger partial charge in [0.1, 0.15) is 6.04 Å². The molecule has 3 aromatic rings. The van der Waals surface area contributed by atoms with Crippen LogP contribution in [0.25, 0.3) is 4.85 Å². The van der Waals surface area contributed by atoms with Crippen molar-refractivity contribution in [2.24, 2.45) is 0 Å². The molecule has 0 aromatic heterocycles. The van der Waals surface area contributed by atoms with Gasteiger partial charge in [-0.2, -0.15) is 0 Å². The van der Waals surface area contributed by atoms with Crippen LogP contribution in [0.1, 0.15) is 42.5 Å². The van der Waals surface area contributed by atoms with Crippen molar-refractivity contribution in [3.05, 3.63) is 94.8 Å². The molecule has 3 aromatic carbocycles. The Bertz CT molecular complexity index is 1440. The average molecular weight is 517 g/mol. The van der Waals surface area contributed by atoms with Crippen molar-refractivity contribution in [1.82, 2.24) is 5.32 Å². The summed E-state index contributed by atoms with van der Waals surface area (Å²) in [7, 11) is -3.56. The van der Waals surface area contributed by atoms with Crippen molar-refractivity contribution >= 4 is 38.7 Å². The molecule has 0 aliphatic carbocycles. The lowest BCUT2D eigenvalue weighted by atomic mass is 10.0. The number of fused-ring (bicyclic) bond motifs is 9. The smallest absolute Gasteiger partial charge is 0.247 e. The van der Waals surface area contributed by atoms with Crippen molar-refractivity contribution in [2.75, 3.05) is 16.4 Å². The maximum atomic E-state index is 13.5. The molecule has 0 saturated carbocycles. The largest absolute Gasteiger partial charge is 0.370 e. The summed E-state index contributed by atoms with van der Waals surface area (Å²) in [6.07, 6.45) is 1.68. The van der Waals surface area contributed by atoms with E-state index in [2.05, 4.69) is 20.8 Å². The first-order valence-electron chi connectivity index (χ1n) is 12.0. The third-order valence-corrected chi connectivity index (χ3v) is 8.09. The summed E-state index contributed by atoms with van der Waals surface area (Å²) in [6, 6.07) is 18.4. The second-order valence-corrected chi connectivity index (χ2v) is 11.1. The Balaban J connectivity index is 1.70. The number of amides is 2. The Morgan fingerprint density at radius 3 is 2.41 bits per heavy atom. The third kappa shape index (κ3) is 6.35. The predicted molar refractivity (Wildman–Crippen MR) is 143 cm³/mol. The fraction of sp³-hybridized carbons (Fsp3) is 0.250. The second-order valence-electron chi connectivity index (χ2n) is 8.82. The van der Waals surface area contributed by atoms with Gasteiger partial charge in [0.2, 0.25) is 11.8 Å². The van der Waals surface area contributed by atoms with Crippen LogP contribution in [-0.4, -0.2) is 26.0 Å². The van der Waals surface area contributed by atoms with E-state index in [0.717, 1.165) is 11.1 Å². The molecule has 2 aliphatic heterocycles. The normalized spacial score (nSPS) is 16.4. The lowest BCUT2D eigenvalue weighted by Crippen LogP contribution is -2.33. The van der Waals surface area contributed by atoms with Gasteiger partial charge in [-0.15, -0.1) is 0 Å². The van der Waals surface area contributed by atoms with E-state index in [0.29, 0.717) is 41.9 Å². The van der Waals surface area contributed by atoms with Crippen LogP contribution in [-0.2, 0) is 32.4 Å². The van der Waals surface area contributed by atoms with Crippen LogP contribution in [0.4, 0.5) is 17.1 Å². The molecule has 9 heteroatoms. The average Bonchev–Trinajstić information content (AvgIpc) is 2.90. The number of anilines is 2. The van der Waals surface area contributed by atoms with E-state index in [1.807, 2.05) is 24.3 Å². The Morgan fingerprint density at radius 1 is 1.00 bits per heavy atom. The quantitative estimate of drug-likeness (QED) is 0.433. The Morgan fingerprint density at radius 2 is 1.73 bits per heavy atom. The first-order chi connectivity index (χ1) is 17.8. The Kier molecular flexibility index (Phi) is 7.89. The number of carbonyl (C=O) groups excluding carboxylic acids is 2. The van der Waals surface area contributed by atoms with Crippen molar-refractivity contribution < 1.29 is 18.0 Å². The van der Waals surface area contributed by atoms with Crippen molar-refractivity contribution in [3.8, 4) is 0 Å². The van der Waals surface area contributed by atoms with Gasteiger partial charge in [0.15, 0.2) is 15.5 Å². The van der Waals surface area contributed by atoms with Crippen LogP contribution >= 0.6 is 0 Å². The molecule has 0 unspecified atom stereocenters. The van der Waals surface area contributed by atoms with Crippen molar-refractivity contribution in [2.45, 2.75) is 43.7 Å². The van der Waals surface area contributed by atoms with Crippen LogP contribution in [0.3, 0.4) is 0 Å². The molecule has 8 nitrogen and oxygen atoms in total. The van der Waals surface area contributed by atoms with Gasteiger partial charge in [-0.3, -0.25) is 9.59 Å². The summed E-state index contributed by atoms with van der Waals surface area (Å²) >= 11 is 0. The van der Waals surface area contributed by atoms with Crippen LogP contribution in [0.2, 0.25) is 0 Å². The minimum Gasteiger partial charge on any atom is -0.370 e. The zero-order chi connectivity index (χ0) is 26.4. The van der Waals surface area contributed by atoms with Gasteiger partial charge in [-0.25, -0.2) is 13.3 Å². The van der Waals surface area contributed by atoms with Gasteiger partial charge in [-0.1, -0.05) is 43.3 Å². The van der Waals surface area contributed by atoms with Gasteiger partial charge in [0.25, 0.3) is 0 Å². The third-order valence-electron chi connectivity index (χ3n) is 6.26. The van der Waals surface area contributed by atoms with E-state index >= 15 is 0 Å². The summed E-state index contributed by atoms with van der Waals surface area (Å²) in [5, 5.41) is 8.95. The van der Waals surface area contributed by atoms with Gasteiger partial charge in [-0.05, 0) is 59.9 Å². The molecule has 2 aliphatic rings. The number of rotatable bonds is 4. The molecule has 1 atom stereocenters. The number of hydrogen-bond acceptors (Lipinski definition) is 5. The second kappa shape index (κ2) is 11.3. The van der Waals surface area contributed by atoms with Crippen LogP contribution < -0.4 is 16.0 Å². The molecule has 0 spiro atoms. The first-order valence-corrected chi connectivity index (χ1v) is 13.7. The highest BCUT2D eigenvalue weighted by Gasteiger charge is 2.23. The number of nitrogens with one attached hydrogen (secondary N) is 3. The topological polar surface area (TPSA) is 109 Å². The summed E-state index contributed by atoms with van der Waals surface area (Å²) < 4.78 is 25.4. The van der Waals surface area contributed by atoms with E-state index in [4.69, 9.17) is 6.57 Å². The minimum atomic E-state index is -3.56. The zero-order valence-corrected chi connectivity index (χ0v) is 21.3. The van der Waals surface area contributed by atoms with Crippen molar-refractivity contribution in [3.63, 3.8) is 0 Å². The molecule has 0 fully saturated rings. The van der Waals surface area contributed by atoms with E-state index in [1.165, 1.54) is 6.07 Å². The van der Waals surface area contributed by atoms with E-state index in [1.54, 1.807) is 43.3 Å². The predicted octanol–water partition coefficient (Wildman–Crippen LogP) is 4.78. The zero-order valence-electron chi connectivity index (χ0n) is 20.5. The molecule has 5 rings (SSSR count). The molecular formula is C28H28N4O4S. The van der Waals surface area contributed by atoms with E-state index in [9.17, 15) is 18.0 Å².